The van der Waals surface area contributed by atoms with Gasteiger partial charge in [-0.25, -0.2) is 18.2 Å². The zero-order valence-electron chi connectivity index (χ0n) is 18.8. The summed E-state index contributed by atoms with van der Waals surface area (Å²) in [6.07, 6.45) is 1.63. The highest BCUT2D eigenvalue weighted by molar-refractivity contribution is 9.10. The molecule has 10 heteroatoms. The number of imidazole rings is 1. The van der Waals surface area contributed by atoms with Crippen LogP contribution in [-0.2, 0) is 12.3 Å². The van der Waals surface area contributed by atoms with Crippen LogP contribution in [0.15, 0.2) is 70.4 Å². The largest absolute Gasteiger partial charge is 0.493 e. The molecule has 0 aliphatic heterocycles. The molecule has 1 aromatic heterocycles. The van der Waals surface area contributed by atoms with E-state index >= 15 is 0 Å². The van der Waals surface area contributed by atoms with Crippen molar-refractivity contribution in [3.8, 4) is 17.2 Å². The average molecular weight is 564 g/mol. The number of nitrogens with zero attached hydrogens (tertiary/aromatic N) is 2. The number of nitrogens with one attached hydrogen (secondary N) is 1. The van der Waals surface area contributed by atoms with Crippen LogP contribution in [0.1, 0.15) is 11.1 Å². The van der Waals surface area contributed by atoms with Crippen molar-refractivity contribution in [1.82, 2.24) is 9.55 Å². The molecule has 0 aliphatic rings. The van der Waals surface area contributed by atoms with E-state index in [2.05, 4.69) is 26.2 Å². The second-order valence-corrected chi connectivity index (χ2v) is 9.28. The number of halogens is 4. The second-order valence-electron chi connectivity index (χ2n) is 7.42. The van der Waals surface area contributed by atoms with Gasteiger partial charge < -0.3 is 14.8 Å². The number of hydrogen-bond donors (Lipinski definition) is 1. The van der Waals surface area contributed by atoms with Crippen molar-refractivity contribution in [2.24, 2.45) is 0 Å². The van der Waals surface area contributed by atoms with Crippen molar-refractivity contribution in [1.29, 1.82) is 0 Å². The third-order valence-electron chi connectivity index (χ3n) is 5.19. The van der Waals surface area contributed by atoms with Crippen LogP contribution >= 0.6 is 27.7 Å². The number of rotatable bonds is 9. The molecule has 0 fully saturated rings. The van der Waals surface area contributed by atoms with E-state index in [0.29, 0.717) is 39.2 Å². The Morgan fingerprint density at radius 2 is 1.63 bits per heavy atom. The number of aromatic nitrogens is 2. The van der Waals surface area contributed by atoms with Gasteiger partial charge in [0.15, 0.2) is 16.7 Å². The highest BCUT2D eigenvalue weighted by Gasteiger charge is 2.17. The summed E-state index contributed by atoms with van der Waals surface area (Å²) in [5.41, 5.74) is 1.53. The molecule has 4 aromatic rings. The predicted octanol–water partition coefficient (Wildman–Crippen LogP) is 6.97. The molecule has 0 bridgehead atoms. The molecule has 3 aromatic carbocycles. The van der Waals surface area contributed by atoms with Crippen LogP contribution in [0, 0.1) is 17.5 Å². The van der Waals surface area contributed by atoms with Crippen LogP contribution in [0.4, 0.5) is 19.0 Å². The molecule has 5 nitrogen and oxygen atoms in total. The number of hydrogen-bond acceptors (Lipinski definition) is 5. The minimum atomic E-state index is -0.643. The van der Waals surface area contributed by atoms with Crippen molar-refractivity contribution in [3.63, 3.8) is 0 Å². The molecule has 1 N–H and O–H groups in total. The van der Waals surface area contributed by atoms with Gasteiger partial charge in [-0.05, 0) is 54.1 Å². The van der Waals surface area contributed by atoms with Gasteiger partial charge in [0, 0.05) is 28.0 Å². The Morgan fingerprint density at radius 3 is 2.29 bits per heavy atom. The first kappa shape index (κ1) is 25.0. The van der Waals surface area contributed by atoms with E-state index in [-0.39, 0.29) is 17.1 Å². The van der Waals surface area contributed by atoms with E-state index in [0.717, 1.165) is 5.56 Å². The molecule has 4 rings (SSSR count). The van der Waals surface area contributed by atoms with Crippen molar-refractivity contribution < 1.29 is 22.6 Å². The van der Waals surface area contributed by atoms with Crippen LogP contribution in [0.3, 0.4) is 0 Å². The van der Waals surface area contributed by atoms with Crippen molar-refractivity contribution >= 4 is 33.5 Å². The van der Waals surface area contributed by atoms with Gasteiger partial charge in [0.1, 0.15) is 23.3 Å². The van der Waals surface area contributed by atoms with Crippen molar-refractivity contribution in [2.45, 2.75) is 17.5 Å². The van der Waals surface area contributed by atoms with Crippen LogP contribution in [0.2, 0.25) is 0 Å². The molecule has 0 aliphatic carbocycles. The first-order valence-electron chi connectivity index (χ1n) is 10.4. The van der Waals surface area contributed by atoms with Gasteiger partial charge in [-0.3, -0.25) is 4.57 Å². The van der Waals surface area contributed by atoms with Gasteiger partial charge in [0.2, 0.25) is 0 Å². The summed E-state index contributed by atoms with van der Waals surface area (Å²) in [7, 11) is 3.14. The number of methoxy groups -OCH3 is 2. The molecular formula is C25H21BrF3N3O2S. The summed E-state index contributed by atoms with van der Waals surface area (Å²) in [5.74, 6) is 0.227. The molecule has 0 unspecified atom stereocenters. The molecule has 0 amide bonds. The minimum Gasteiger partial charge on any atom is -0.493 e. The zero-order valence-corrected chi connectivity index (χ0v) is 21.2. The van der Waals surface area contributed by atoms with Gasteiger partial charge in [-0.15, -0.1) is 0 Å². The molecular weight excluding hydrogens is 543 g/mol. The van der Waals surface area contributed by atoms with Crippen LogP contribution in [0.25, 0.3) is 5.69 Å². The second kappa shape index (κ2) is 11.1. The summed E-state index contributed by atoms with van der Waals surface area (Å²) in [6, 6.07) is 13.9. The van der Waals surface area contributed by atoms with E-state index in [1.165, 1.54) is 36.0 Å². The molecule has 0 spiro atoms. The average Bonchev–Trinajstić information content (AvgIpc) is 3.25. The first-order valence-corrected chi connectivity index (χ1v) is 12.2. The van der Waals surface area contributed by atoms with Crippen molar-refractivity contribution in [3.05, 3.63) is 93.8 Å². The Morgan fingerprint density at radius 1 is 0.943 bits per heavy atom. The lowest BCUT2D eigenvalue weighted by molar-refractivity contribution is 0.354. The van der Waals surface area contributed by atoms with E-state index in [4.69, 9.17) is 9.47 Å². The van der Waals surface area contributed by atoms with Gasteiger partial charge in [0.25, 0.3) is 0 Å². The van der Waals surface area contributed by atoms with Gasteiger partial charge in [-0.1, -0.05) is 33.8 Å². The first-order chi connectivity index (χ1) is 16.9. The third kappa shape index (κ3) is 5.76. The van der Waals surface area contributed by atoms with Crippen LogP contribution < -0.4 is 14.8 Å². The quantitative estimate of drug-likeness (QED) is 0.223. The van der Waals surface area contributed by atoms with E-state index in [1.54, 1.807) is 37.1 Å². The number of thioether (sulfide) groups is 1. The van der Waals surface area contributed by atoms with Gasteiger partial charge >= 0.3 is 0 Å². The third-order valence-corrected chi connectivity index (χ3v) is 6.62. The number of anilines is 1. The topological polar surface area (TPSA) is 48.3 Å². The van der Waals surface area contributed by atoms with Gasteiger partial charge in [0.05, 0.1) is 20.4 Å². The Balaban J connectivity index is 1.61. The summed E-state index contributed by atoms with van der Waals surface area (Å²) < 4.78 is 55.0. The molecule has 0 radical (unpaired) electrons. The Kier molecular flexibility index (Phi) is 7.92. The minimum absolute atomic E-state index is 0.0261. The Labute approximate surface area is 213 Å². The summed E-state index contributed by atoms with van der Waals surface area (Å²) in [6.45, 7) is 0.438. The fourth-order valence-corrected chi connectivity index (χ4v) is 4.84. The normalized spacial score (nSPS) is 10.9. The fraction of sp³-hybridized carbons (Fsp3) is 0.160. The highest BCUT2D eigenvalue weighted by atomic mass is 79.9. The molecule has 1 heterocycles. The van der Waals surface area contributed by atoms with Crippen LogP contribution in [0.5, 0.6) is 11.5 Å². The lowest BCUT2D eigenvalue weighted by Crippen LogP contribution is -2.07. The van der Waals surface area contributed by atoms with E-state index < -0.39 is 11.6 Å². The lowest BCUT2D eigenvalue weighted by Gasteiger charge is -2.14. The Bertz CT molecular complexity index is 1310. The van der Waals surface area contributed by atoms with Crippen LogP contribution in [-0.4, -0.2) is 23.8 Å². The van der Waals surface area contributed by atoms with Gasteiger partial charge in [-0.2, -0.15) is 0 Å². The zero-order chi connectivity index (χ0) is 24.9. The molecule has 35 heavy (non-hydrogen) atoms. The predicted molar refractivity (Wildman–Crippen MR) is 134 cm³/mol. The Hall–Kier alpha value is -3.11. The van der Waals surface area contributed by atoms with E-state index in [9.17, 15) is 13.2 Å². The molecule has 0 atom stereocenters. The fourth-order valence-electron chi connectivity index (χ4n) is 3.43. The monoisotopic (exact) mass is 563 g/mol. The molecule has 0 saturated heterocycles. The standard InChI is InChI=1S/C25H21BrF3N3O2S/c1-33-22-8-3-15(9-23(22)34-2)12-30-24-13-31-25(32(24)18-6-4-17(27)5-7-18)35-14-19-20(28)10-16(26)11-21(19)29/h3-11,13,30H,12,14H2,1-2H3. The smallest absolute Gasteiger partial charge is 0.174 e. The lowest BCUT2D eigenvalue weighted by atomic mass is 10.2. The SMILES string of the molecule is COc1ccc(CNc2cnc(SCc3c(F)cc(Br)cc3F)n2-c2ccc(F)cc2)cc1OC. The maximum Gasteiger partial charge on any atom is 0.174 e. The maximum absolute atomic E-state index is 14.3. The number of benzene rings is 3. The van der Waals surface area contributed by atoms with E-state index in [1.807, 2.05) is 18.2 Å². The highest BCUT2D eigenvalue weighted by Crippen LogP contribution is 2.32. The summed E-state index contributed by atoms with van der Waals surface area (Å²) in [5, 5.41) is 3.82. The molecule has 0 saturated carbocycles. The van der Waals surface area contributed by atoms with Crippen molar-refractivity contribution in [2.75, 3.05) is 19.5 Å². The summed E-state index contributed by atoms with van der Waals surface area (Å²) >= 11 is 4.26. The number of ether oxygens (including phenoxy) is 2. The molecule has 182 valence electrons. The maximum atomic E-state index is 14.3. The summed E-state index contributed by atoms with van der Waals surface area (Å²) in [4.78, 5) is 4.45.